The first-order valence-corrected chi connectivity index (χ1v) is 9.97. The molecule has 0 saturated carbocycles. The highest BCUT2D eigenvalue weighted by Crippen LogP contribution is 2.41. The molecule has 0 aromatic heterocycles. The van der Waals surface area contributed by atoms with Crippen LogP contribution in [0.15, 0.2) is 0 Å². The molecule has 0 aromatic rings. The first-order valence-electron chi connectivity index (χ1n) is 9.97. The van der Waals surface area contributed by atoms with Crippen molar-refractivity contribution in [1.29, 1.82) is 0 Å². The molecule has 0 unspecified atom stereocenters. The van der Waals surface area contributed by atoms with E-state index in [1.54, 1.807) is 0 Å². The summed E-state index contributed by atoms with van der Waals surface area (Å²) >= 11 is 0. The zero-order chi connectivity index (χ0) is 16.3. The quantitative estimate of drug-likeness (QED) is 0.470. The van der Waals surface area contributed by atoms with Crippen molar-refractivity contribution in [3.63, 3.8) is 0 Å². The number of rotatable bonds is 12. The summed E-state index contributed by atoms with van der Waals surface area (Å²) in [6, 6.07) is 0. The van der Waals surface area contributed by atoms with Gasteiger partial charge in [-0.25, -0.2) is 0 Å². The van der Waals surface area contributed by atoms with Crippen LogP contribution in [0.25, 0.3) is 0 Å². The SMILES string of the molecule is CCCCCCC(C)(CCCCCC)CC1(O)CCNCC1. The minimum Gasteiger partial charge on any atom is -0.390 e. The summed E-state index contributed by atoms with van der Waals surface area (Å²) in [6.45, 7) is 8.98. The molecule has 132 valence electrons. The highest BCUT2D eigenvalue weighted by molar-refractivity contribution is 4.91. The molecule has 1 saturated heterocycles. The van der Waals surface area contributed by atoms with E-state index in [0.29, 0.717) is 5.41 Å². The lowest BCUT2D eigenvalue weighted by atomic mass is 9.69. The maximum Gasteiger partial charge on any atom is 0.0677 e. The standard InChI is InChI=1S/C20H41NO/c1-4-6-8-10-12-19(3,13-11-9-7-5-2)18-20(22)14-16-21-17-15-20/h21-22H,4-18H2,1-3H3. The zero-order valence-corrected chi connectivity index (χ0v) is 15.6. The van der Waals surface area contributed by atoms with E-state index in [-0.39, 0.29) is 0 Å². The molecule has 2 heteroatoms. The number of piperidine rings is 1. The molecular formula is C20H41NO. The maximum atomic E-state index is 11.0. The Hall–Kier alpha value is -0.0800. The Morgan fingerprint density at radius 3 is 1.82 bits per heavy atom. The lowest BCUT2D eigenvalue weighted by molar-refractivity contribution is -0.0358. The second kappa shape index (κ2) is 10.6. The van der Waals surface area contributed by atoms with Crippen LogP contribution in [0.3, 0.4) is 0 Å². The zero-order valence-electron chi connectivity index (χ0n) is 15.6. The van der Waals surface area contributed by atoms with Crippen LogP contribution < -0.4 is 5.32 Å². The van der Waals surface area contributed by atoms with Gasteiger partial charge in [-0.1, -0.05) is 72.1 Å². The number of nitrogens with one attached hydrogen (secondary N) is 1. The Kier molecular flexibility index (Phi) is 9.66. The fraction of sp³-hybridized carbons (Fsp3) is 1.00. The highest BCUT2D eigenvalue weighted by atomic mass is 16.3. The van der Waals surface area contributed by atoms with E-state index in [1.807, 2.05) is 0 Å². The molecule has 1 rings (SSSR count). The first-order chi connectivity index (χ1) is 10.5. The van der Waals surface area contributed by atoms with Crippen molar-refractivity contribution in [3.8, 4) is 0 Å². The van der Waals surface area contributed by atoms with Gasteiger partial charge in [0.1, 0.15) is 0 Å². The van der Waals surface area contributed by atoms with Crippen molar-refractivity contribution in [3.05, 3.63) is 0 Å². The van der Waals surface area contributed by atoms with Gasteiger partial charge in [0.05, 0.1) is 5.60 Å². The van der Waals surface area contributed by atoms with Gasteiger partial charge >= 0.3 is 0 Å². The molecule has 0 spiro atoms. The predicted molar refractivity (Wildman–Crippen MR) is 97.3 cm³/mol. The Bertz CT molecular complexity index is 259. The normalized spacial score (nSPS) is 18.5. The molecule has 0 amide bonds. The second-order valence-electron chi connectivity index (χ2n) is 8.08. The van der Waals surface area contributed by atoms with Crippen molar-refractivity contribution < 1.29 is 5.11 Å². The lowest BCUT2D eigenvalue weighted by Gasteiger charge is -2.41. The van der Waals surface area contributed by atoms with Crippen LogP contribution in [0.1, 0.15) is 104 Å². The summed E-state index contributed by atoms with van der Waals surface area (Å²) in [7, 11) is 0. The van der Waals surface area contributed by atoms with E-state index >= 15 is 0 Å². The highest BCUT2D eigenvalue weighted by Gasteiger charge is 2.37. The van der Waals surface area contributed by atoms with Gasteiger partial charge in [0, 0.05) is 0 Å². The summed E-state index contributed by atoms with van der Waals surface area (Å²) in [5.74, 6) is 0. The molecule has 0 radical (unpaired) electrons. The topological polar surface area (TPSA) is 32.3 Å². The fourth-order valence-electron chi connectivity index (χ4n) is 4.12. The third-order valence-electron chi connectivity index (χ3n) is 5.56. The molecule has 1 fully saturated rings. The third-order valence-corrected chi connectivity index (χ3v) is 5.56. The maximum absolute atomic E-state index is 11.0. The van der Waals surface area contributed by atoms with Crippen molar-refractivity contribution in [2.75, 3.05) is 13.1 Å². The van der Waals surface area contributed by atoms with E-state index in [9.17, 15) is 5.11 Å². The molecule has 1 heterocycles. The van der Waals surface area contributed by atoms with Crippen LogP contribution in [-0.2, 0) is 0 Å². The molecule has 1 aliphatic rings. The number of unbranched alkanes of at least 4 members (excludes halogenated alkanes) is 6. The van der Waals surface area contributed by atoms with Crippen LogP contribution in [0.5, 0.6) is 0 Å². The predicted octanol–water partition coefficient (Wildman–Crippen LogP) is 5.44. The smallest absolute Gasteiger partial charge is 0.0677 e. The summed E-state index contributed by atoms with van der Waals surface area (Å²) in [5.41, 5.74) is -0.0664. The second-order valence-corrected chi connectivity index (χ2v) is 8.08. The van der Waals surface area contributed by atoms with Gasteiger partial charge in [-0.3, -0.25) is 0 Å². The van der Waals surface area contributed by atoms with E-state index in [4.69, 9.17) is 0 Å². The van der Waals surface area contributed by atoms with Crippen molar-refractivity contribution in [2.45, 2.75) is 110 Å². The Morgan fingerprint density at radius 1 is 0.864 bits per heavy atom. The minimum absolute atomic E-state index is 0.341. The molecule has 2 nitrogen and oxygen atoms in total. The average molecular weight is 312 g/mol. The molecule has 2 N–H and O–H groups in total. The van der Waals surface area contributed by atoms with Crippen LogP contribution in [0.2, 0.25) is 0 Å². The number of aliphatic hydroxyl groups is 1. The molecule has 0 bridgehead atoms. The van der Waals surface area contributed by atoms with Crippen LogP contribution >= 0.6 is 0 Å². The summed E-state index contributed by atoms with van der Waals surface area (Å²) in [4.78, 5) is 0. The van der Waals surface area contributed by atoms with Gasteiger partial charge in [-0.2, -0.15) is 0 Å². The third kappa shape index (κ3) is 7.97. The van der Waals surface area contributed by atoms with Crippen LogP contribution in [-0.4, -0.2) is 23.8 Å². The van der Waals surface area contributed by atoms with Gasteiger partial charge in [-0.05, 0) is 50.6 Å². The lowest BCUT2D eigenvalue weighted by Crippen LogP contribution is -2.45. The van der Waals surface area contributed by atoms with Crippen molar-refractivity contribution >= 4 is 0 Å². The fourth-order valence-corrected chi connectivity index (χ4v) is 4.12. The first kappa shape index (κ1) is 20.0. The number of hydrogen-bond donors (Lipinski definition) is 2. The monoisotopic (exact) mass is 311 g/mol. The Balaban J connectivity index is 2.50. The van der Waals surface area contributed by atoms with Crippen molar-refractivity contribution in [2.24, 2.45) is 5.41 Å². The molecule has 0 atom stereocenters. The largest absolute Gasteiger partial charge is 0.390 e. The summed E-state index contributed by atoms with van der Waals surface area (Å²) < 4.78 is 0. The van der Waals surface area contributed by atoms with E-state index in [2.05, 4.69) is 26.1 Å². The molecule has 0 aromatic carbocycles. The van der Waals surface area contributed by atoms with E-state index in [1.165, 1.54) is 64.2 Å². The molecule has 0 aliphatic carbocycles. The Morgan fingerprint density at radius 2 is 1.36 bits per heavy atom. The van der Waals surface area contributed by atoms with E-state index in [0.717, 1.165) is 32.4 Å². The number of hydrogen-bond acceptors (Lipinski definition) is 2. The van der Waals surface area contributed by atoms with Crippen LogP contribution in [0, 0.1) is 5.41 Å². The van der Waals surface area contributed by atoms with E-state index < -0.39 is 5.60 Å². The van der Waals surface area contributed by atoms with Gasteiger partial charge in [0.25, 0.3) is 0 Å². The minimum atomic E-state index is -0.407. The molecular weight excluding hydrogens is 270 g/mol. The van der Waals surface area contributed by atoms with Gasteiger partial charge < -0.3 is 10.4 Å². The van der Waals surface area contributed by atoms with Crippen molar-refractivity contribution in [1.82, 2.24) is 5.32 Å². The van der Waals surface area contributed by atoms with Gasteiger partial charge in [0.15, 0.2) is 0 Å². The summed E-state index contributed by atoms with van der Waals surface area (Å²) in [5, 5.41) is 14.4. The molecule has 22 heavy (non-hydrogen) atoms. The summed E-state index contributed by atoms with van der Waals surface area (Å²) in [6.07, 6.45) is 16.2. The van der Waals surface area contributed by atoms with Gasteiger partial charge in [-0.15, -0.1) is 0 Å². The molecule has 1 aliphatic heterocycles. The average Bonchev–Trinajstić information content (AvgIpc) is 2.49. The van der Waals surface area contributed by atoms with Crippen LogP contribution in [0.4, 0.5) is 0 Å². The van der Waals surface area contributed by atoms with Gasteiger partial charge in [0.2, 0.25) is 0 Å². The Labute approximate surface area is 139 Å².